The average molecular weight is 323 g/mol. The van der Waals surface area contributed by atoms with Gasteiger partial charge in [0.15, 0.2) is 0 Å². The SMILES string of the molecule is O=S(=O)(Cc1ccc(F)cc1)N1CCC(c2ncc[nH]2)CC1. The van der Waals surface area contributed by atoms with Crippen LogP contribution in [0.2, 0.25) is 0 Å². The minimum absolute atomic E-state index is 0.0846. The number of imidazole rings is 1. The fourth-order valence-electron chi connectivity index (χ4n) is 2.79. The van der Waals surface area contributed by atoms with E-state index in [4.69, 9.17) is 0 Å². The molecular formula is C15H18FN3O2S. The minimum atomic E-state index is -3.36. The molecule has 0 unspecified atom stereocenters. The van der Waals surface area contributed by atoms with E-state index in [9.17, 15) is 12.8 Å². The lowest BCUT2D eigenvalue weighted by Crippen LogP contribution is -2.38. The van der Waals surface area contributed by atoms with Crippen LogP contribution in [0.1, 0.15) is 30.1 Å². The summed E-state index contributed by atoms with van der Waals surface area (Å²) in [5.41, 5.74) is 0.606. The number of rotatable bonds is 4. The summed E-state index contributed by atoms with van der Waals surface area (Å²) in [5.74, 6) is 0.766. The highest BCUT2D eigenvalue weighted by atomic mass is 32.2. The van der Waals surface area contributed by atoms with Gasteiger partial charge in [0.2, 0.25) is 10.0 Å². The van der Waals surface area contributed by atoms with Gasteiger partial charge in [0.1, 0.15) is 11.6 Å². The van der Waals surface area contributed by atoms with E-state index in [0.29, 0.717) is 18.7 Å². The van der Waals surface area contributed by atoms with Crippen LogP contribution in [0, 0.1) is 5.82 Å². The van der Waals surface area contributed by atoms with Crippen LogP contribution in [-0.4, -0.2) is 35.8 Å². The van der Waals surface area contributed by atoms with E-state index in [0.717, 1.165) is 18.7 Å². The van der Waals surface area contributed by atoms with E-state index in [2.05, 4.69) is 9.97 Å². The lowest BCUT2D eigenvalue weighted by atomic mass is 9.98. The maximum absolute atomic E-state index is 12.9. The zero-order valence-corrected chi connectivity index (χ0v) is 12.9. The Morgan fingerprint density at radius 1 is 1.23 bits per heavy atom. The molecule has 0 aliphatic carbocycles. The zero-order valence-electron chi connectivity index (χ0n) is 12.1. The average Bonchev–Trinajstić information content (AvgIpc) is 3.04. The molecule has 1 aliphatic heterocycles. The van der Waals surface area contributed by atoms with Crippen molar-refractivity contribution in [3.63, 3.8) is 0 Å². The van der Waals surface area contributed by atoms with Crippen molar-refractivity contribution >= 4 is 10.0 Å². The van der Waals surface area contributed by atoms with E-state index in [1.807, 2.05) is 0 Å². The first-order chi connectivity index (χ1) is 10.5. The number of nitrogens with one attached hydrogen (secondary N) is 1. The zero-order chi connectivity index (χ0) is 15.6. The number of sulfonamides is 1. The van der Waals surface area contributed by atoms with Gasteiger partial charge in [-0.2, -0.15) is 0 Å². The molecule has 1 N–H and O–H groups in total. The van der Waals surface area contributed by atoms with Crippen LogP contribution in [0.4, 0.5) is 4.39 Å². The molecule has 0 bridgehead atoms. The Kier molecular flexibility index (Phi) is 4.26. The third-order valence-electron chi connectivity index (χ3n) is 4.02. The fourth-order valence-corrected chi connectivity index (χ4v) is 4.35. The van der Waals surface area contributed by atoms with E-state index in [1.165, 1.54) is 28.6 Å². The molecule has 0 amide bonds. The second-order valence-electron chi connectivity index (χ2n) is 5.53. The molecule has 1 aliphatic rings. The summed E-state index contributed by atoms with van der Waals surface area (Å²) < 4.78 is 39.3. The Balaban J connectivity index is 1.63. The van der Waals surface area contributed by atoms with Gasteiger partial charge in [0, 0.05) is 31.4 Å². The highest BCUT2D eigenvalue weighted by Crippen LogP contribution is 2.27. The normalized spacial score (nSPS) is 17.7. The Morgan fingerprint density at radius 2 is 1.91 bits per heavy atom. The number of halogens is 1. The largest absolute Gasteiger partial charge is 0.348 e. The number of aromatic nitrogens is 2. The molecular weight excluding hydrogens is 305 g/mol. The predicted molar refractivity (Wildman–Crippen MR) is 81.2 cm³/mol. The minimum Gasteiger partial charge on any atom is -0.348 e. The number of benzene rings is 1. The summed E-state index contributed by atoms with van der Waals surface area (Å²) in [7, 11) is -3.36. The summed E-state index contributed by atoms with van der Waals surface area (Å²) in [6.45, 7) is 0.990. The van der Waals surface area contributed by atoms with Gasteiger partial charge in [0.05, 0.1) is 5.75 Å². The van der Waals surface area contributed by atoms with Gasteiger partial charge in [-0.3, -0.25) is 0 Å². The van der Waals surface area contributed by atoms with Gasteiger partial charge in [-0.25, -0.2) is 22.1 Å². The number of nitrogens with zero attached hydrogens (tertiary/aromatic N) is 2. The molecule has 0 radical (unpaired) electrons. The Morgan fingerprint density at radius 3 is 2.50 bits per heavy atom. The molecule has 0 atom stereocenters. The van der Waals surface area contributed by atoms with Crippen molar-refractivity contribution in [1.82, 2.24) is 14.3 Å². The maximum atomic E-state index is 12.9. The molecule has 2 aromatic rings. The van der Waals surface area contributed by atoms with Crippen molar-refractivity contribution in [2.24, 2.45) is 0 Å². The van der Waals surface area contributed by atoms with Gasteiger partial charge in [-0.05, 0) is 30.5 Å². The molecule has 1 aromatic carbocycles. The quantitative estimate of drug-likeness (QED) is 0.938. The first-order valence-corrected chi connectivity index (χ1v) is 8.87. The molecule has 118 valence electrons. The molecule has 1 fully saturated rings. The van der Waals surface area contributed by atoms with Crippen LogP contribution >= 0.6 is 0 Å². The van der Waals surface area contributed by atoms with Crippen LogP contribution in [0.3, 0.4) is 0 Å². The highest BCUT2D eigenvalue weighted by Gasteiger charge is 2.29. The Labute approximate surface area is 129 Å². The van der Waals surface area contributed by atoms with Crippen molar-refractivity contribution in [2.75, 3.05) is 13.1 Å². The van der Waals surface area contributed by atoms with Crippen molar-refractivity contribution in [2.45, 2.75) is 24.5 Å². The van der Waals surface area contributed by atoms with Crippen LogP contribution in [-0.2, 0) is 15.8 Å². The van der Waals surface area contributed by atoms with Crippen molar-refractivity contribution in [3.8, 4) is 0 Å². The summed E-state index contributed by atoms with van der Waals surface area (Å²) >= 11 is 0. The molecule has 0 spiro atoms. The molecule has 1 aromatic heterocycles. The van der Waals surface area contributed by atoms with Crippen LogP contribution in [0.5, 0.6) is 0 Å². The summed E-state index contributed by atoms with van der Waals surface area (Å²) in [4.78, 5) is 7.34. The van der Waals surface area contributed by atoms with Crippen LogP contribution in [0.25, 0.3) is 0 Å². The van der Waals surface area contributed by atoms with Crippen molar-refractivity contribution < 1.29 is 12.8 Å². The van der Waals surface area contributed by atoms with Gasteiger partial charge in [0.25, 0.3) is 0 Å². The Bertz CT molecular complexity index is 706. The number of hydrogen-bond acceptors (Lipinski definition) is 3. The van der Waals surface area contributed by atoms with Crippen LogP contribution in [0.15, 0.2) is 36.7 Å². The van der Waals surface area contributed by atoms with E-state index in [1.54, 1.807) is 12.4 Å². The lowest BCUT2D eigenvalue weighted by molar-refractivity contribution is 0.314. The standard InChI is InChI=1S/C15H18FN3O2S/c16-14-3-1-12(2-4-14)11-22(20,21)19-9-5-13(6-10-19)15-17-7-8-18-15/h1-4,7-8,13H,5-6,9-11H2,(H,17,18). The van der Waals surface area contributed by atoms with Gasteiger partial charge < -0.3 is 4.98 Å². The third kappa shape index (κ3) is 3.36. The smallest absolute Gasteiger partial charge is 0.218 e. The molecule has 5 nitrogen and oxygen atoms in total. The number of hydrogen-bond donors (Lipinski definition) is 1. The second kappa shape index (κ2) is 6.18. The fraction of sp³-hybridized carbons (Fsp3) is 0.400. The summed E-state index contributed by atoms with van der Waals surface area (Å²) in [5, 5.41) is 0. The highest BCUT2D eigenvalue weighted by molar-refractivity contribution is 7.88. The van der Waals surface area contributed by atoms with Crippen LogP contribution < -0.4 is 0 Å². The molecule has 22 heavy (non-hydrogen) atoms. The second-order valence-corrected chi connectivity index (χ2v) is 7.50. The maximum Gasteiger partial charge on any atom is 0.218 e. The predicted octanol–water partition coefficient (Wildman–Crippen LogP) is 2.26. The number of piperidine rings is 1. The molecule has 7 heteroatoms. The topological polar surface area (TPSA) is 66.1 Å². The van der Waals surface area contributed by atoms with Gasteiger partial charge in [-0.15, -0.1) is 0 Å². The Hall–Kier alpha value is -1.73. The monoisotopic (exact) mass is 323 g/mol. The van der Waals surface area contributed by atoms with E-state index < -0.39 is 10.0 Å². The number of H-pyrrole nitrogens is 1. The van der Waals surface area contributed by atoms with Crippen molar-refractivity contribution in [3.05, 3.63) is 53.9 Å². The van der Waals surface area contributed by atoms with E-state index in [-0.39, 0.29) is 17.5 Å². The van der Waals surface area contributed by atoms with Gasteiger partial charge >= 0.3 is 0 Å². The summed E-state index contributed by atoms with van der Waals surface area (Å²) in [6, 6.07) is 5.60. The lowest BCUT2D eigenvalue weighted by Gasteiger charge is -2.30. The number of aromatic amines is 1. The third-order valence-corrected chi connectivity index (χ3v) is 5.87. The molecule has 2 heterocycles. The first-order valence-electron chi connectivity index (χ1n) is 7.26. The first kappa shape index (κ1) is 15.2. The molecule has 1 saturated heterocycles. The summed E-state index contributed by atoms with van der Waals surface area (Å²) in [6.07, 6.45) is 5.02. The van der Waals surface area contributed by atoms with Crippen molar-refractivity contribution in [1.29, 1.82) is 0 Å². The molecule has 0 saturated carbocycles. The molecule has 3 rings (SSSR count). The van der Waals surface area contributed by atoms with Gasteiger partial charge in [-0.1, -0.05) is 12.1 Å². The van der Waals surface area contributed by atoms with E-state index >= 15 is 0 Å².